The molecule has 1 aromatic heterocycles. The molecule has 8 heteroatoms. The number of esters is 1. The van der Waals surface area contributed by atoms with Crippen LogP contribution in [0.1, 0.15) is 40.5 Å². The largest absolute Gasteiger partial charge is 0.465 e. The van der Waals surface area contributed by atoms with Crippen molar-refractivity contribution in [1.29, 1.82) is 0 Å². The third-order valence-electron chi connectivity index (χ3n) is 3.07. The Bertz CT molecular complexity index is 454. The molecule has 0 aliphatic heterocycles. The van der Waals surface area contributed by atoms with E-state index in [-0.39, 0.29) is 11.2 Å². The second kappa shape index (κ2) is 8.33. The number of thioether (sulfide) groups is 1. The first-order chi connectivity index (χ1) is 9.92. The molecule has 0 fully saturated rings. The summed E-state index contributed by atoms with van der Waals surface area (Å²) in [5, 5.41) is 15.6. The number of tetrazole rings is 1. The number of aromatic nitrogens is 4. The first-order valence-corrected chi connectivity index (χ1v) is 8.12. The van der Waals surface area contributed by atoms with Gasteiger partial charge in [0.15, 0.2) is 0 Å². The highest BCUT2D eigenvalue weighted by atomic mass is 32.2. The molecule has 21 heavy (non-hydrogen) atoms. The first-order valence-electron chi connectivity index (χ1n) is 7.24. The highest BCUT2D eigenvalue weighted by molar-refractivity contribution is 7.99. The number of nitrogens with zero attached hydrogens (tertiary/aromatic N) is 4. The maximum Gasteiger partial charge on any atom is 0.326 e. The molecule has 0 aliphatic rings. The van der Waals surface area contributed by atoms with Crippen molar-refractivity contribution in [3.05, 3.63) is 0 Å². The van der Waals surface area contributed by atoms with Crippen LogP contribution < -0.4 is 5.32 Å². The number of rotatable bonds is 9. The zero-order chi connectivity index (χ0) is 15.9. The van der Waals surface area contributed by atoms with Gasteiger partial charge < -0.3 is 10.1 Å². The van der Waals surface area contributed by atoms with E-state index in [0.717, 1.165) is 18.1 Å². The molecular formula is C13H25N5O2S. The zero-order valence-electron chi connectivity index (χ0n) is 13.4. The molecule has 7 nitrogen and oxygen atoms in total. The first kappa shape index (κ1) is 17.9. The van der Waals surface area contributed by atoms with Gasteiger partial charge in [-0.15, -0.1) is 5.10 Å². The van der Waals surface area contributed by atoms with Crippen molar-refractivity contribution in [1.82, 2.24) is 25.5 Å². The van der Waals surface area contributed by atoms with E-state index in [1.165, 1.54) is 0 Å². The van der Waals surface area contributed by atoms with Crippen molar-refractivity contribution in [2.45, 2.75) is 56.5 Å². The van der Waals surface area contributed by atoms with Gasteiger partial charge in [-0.1, -0.05) is 25.6 Å². The fourth-order valence-electron chi connectivity index (χ4n) is 2.04. The number of nitrogens with one attached hydrogen (secondary N) is 1. The minimum Gasteiger partial charge on any atom is -0.465 e. The molecule has 0 radical (unpaired) electrons. The average Bonchev–Trinajstić information content (AvgIpc) is 2.82. The number of carbonyl (C=O) groups excluding carboxylic acids is 1. The lowest BCUT2D eigenvalue weighted by Gasteiger charge is -2.30. The molecule has 0 saturated carbocycles. The Balaban J connectivity index is 2.70. The normalized spacial score (nSPS) is 15.5. The van der Waals surface area contributed by atoms with E-state index in [1.807, 2.05) is 13.8 Å². The summed E-state index contributed by atoms with van der Waals surface area (Å²) in [6.07, 6.45) is 1.60. The molecule has 0 spiro atoms. The van der Waals surface area contributed by atoms with Crippen molar-refractivity contribution < 1.29 is 9.53 Å². The fourth-order valence-corrected chi connectivity index (χ4v) is 3.09. The molecule has 0 aromatic carbocycles. The van der Waals surface area contributed by atoms with Crippen molar-refractivity contribution in [2.24, 2.45) is 7.05 Å². The van der Waals surface area contributed by atoms with Crippen molar-refractivity contribution >= 4 is 17.7 Å². The maximum atomic E-state index is 12.2. The lowest BCUT2D eigenvalue weighted by Crippen LogP contribution is -2.52. The minimum atomic E-state index is -0.690. The monoisotopic (exact) mass is 315 g/mol. The highest BCUT2D eigenvalue weighted by Gasteiger charge is 2.36. The van der Waals surface area contributed by atoms with Crippen LogP contribution in [0.2, 0.25) is 0 Å². The Kier molecular flexibility index (Phi) is 7.10. The van der Waals surface area contributed by atoms with E-state index in [4.69, 9.17) is 4.74 Å². The summed E-state index contributed by atoms with van der Waals surface area (Å²) in [6.45, 7) is 9.01. The molecule has 0 aliphatic carbocycles. The Hall–Kier alpha value is -1.15. The van der Waals surface area contributed by atoms with Gasteiger partial charge in [-0.2, -0.15) is 0 Å². The van der Waals surface area contributed by atoms with Crippen LogP contribution in [0.3, 0.4) is 0 Å². The summed E-state index contributed by atoms with van der Waals surface area (Å²) in [5.41, 5.74) is -0.690. The number of carbonyl (C=O) groups is 1. The summed E-state index contributed by atoms with van der Waals surface area (Å²) in [6, 6.07) is 0. The predicted molar refractivity (Wildman–Crippen MR) is 82.1 cm³/mol. The molecule has 120 valence electrons. The standard InChI is InChI=1S/C13H25N5O2S/c1-6-8-14-13(4,11(19)20-7-2)9-10(3)21-12-15-16-17-18(12)5/h10,14H,6-9H2,1-5H3. The third-order valence-corrected chi connectivity index (χ3v) is 4.20. The lowest BCUT2D eigenvalue weighted by molar-refractivity contribution is -0.150. The lowest BCUT2D eigenvalue weighted by atomic mass is 9.96. The van der Waals surface area contributed by atoms with E-state index in [1.54, 1.807) is 23.5 Å². The van der Waals surface area contributed by atoms with Gasteiger partial charge in [-0.3, -0.25) is 4.79 Å². The summed E-state index contributed by atoms with van der Waals surface area (Å²) in [4.78, 5) is 12.2. The molecule has 2 atom stereocenters. The van der Waals surface area contributed by atoms with Crippen molar-refractivity contribution in [3.8, 4) is 0 Å². The van der Waals surface area contributed by atoms with Crippen LogP contribution >= 0.6 is 11.8 Å². The summed E-state index contributed by atoms with van der Waals surface area (Å²) >= 11 is 1.55. The second-order valence-electron chi connectivity index (χ2n) is 5.20. The zero-order valence-corrected chi connectivity index (χ0v) is 14.2. The Morgan fingerprint density at radius 1 is 1.52 bits per heavy atom. The van der Waals surface area contributed by atoms with Gasteiger partial charge in [0, 0.05) is 12.3 Å². The summed E-state index contributed by atoms with van der Waals surface area (Å²) in [5.74, 6) is -0.206. The Morgan fingerprint density at radius 2 is 2.24 bits per heavy atom. The summed E-state index contributed by atoms with van der Waals surface area (Å²) in [7, 11) is 1.80. The summed E-state index contributed by atoms with van der Waals surface area (Å²) < 4.78 is 6.84. The number of ether oxygens (including phenoxy) is 1. The average molecular weight is 315 g/mol. The smallest absolute Gasteiger partial charge is 0.326 e. The molecule has 0 amide bonds. The number of hydrogen-bond acceptors (Lipinski definition) is 7. The van der Waals surface area contributed by atoms with Crippen LogP contribution in [0.4, 0.5) is 0 Å². The van der Waals surface area contributed by atoms with E-state index in [9.17, 15) is 4.79 Å². The van der Waals surface area contributed by atoms with E-state index in [2.05, 4.69) is 34.7 Å². The SMILES string of the molecule is CCCNC(C)(CC(C)Sc1nnnn1C)C(=O)OCC. The van der Waals surface area contributed by atoms with E-state index < -0.39 is 5.54 Å². The number of hydrogen-bond donors (Lipinski definition) is 1. The van der Waals surface area contributed by atoms with Gasteiger partial charge >= 0.3 is 5.97 Å². The van der Waals surface area contributed by atoms with Gasteiger partial charge in [0.25, 0.3) is 0 Å². The Morgan fingerprint density at radius 3 is 2.76 bits per heavy atom. The molecule has 0 bridgehead atoms. The minimum absolute atomic E-state index is 0.175. The molecular weight excluding hydrogens is 290 g/mol. The molecule has 1 aromatic rings. The third kappa shape index (κ3) is 5.28. The number of aryl methyl sites for hydroxylation is 1. The molecule has 1 rings (SSSR count). The van der Waals surface area contributed by atoms with Crippen LogP contribution in [0.15, 0.2) is 5.16 Å². The van der Waals surface area contributed by atoms with E-state index in [0.29, 0.717) is 13.0 Å². The maximum absolute atomic E-state index is 12.2. The van der Waals surface area contributed by atoms with Crippen LogP contribution in [-0.2, 0) is 16.6 Å². The van der Waals surface area contributed by atoms with Gasteiger partial charge in [-0.25, -0.2) is 4.68 Å². The van der Waals surface area contributed by atoms with Crippen LogP contribution in [0.25, 0.3) is 0 Å². The van der Waals surface area contributed by atoms with Gasteiger partial charge in [0.1, 0.15) is 5.54 Å². The van der Waals surface area contributed by atoms with E-state index >= 15 is 0 Å². The quantitative estimate of drug-likeness (QED) is 0.545. The van der Waals surface area contributed by atoms with Gasteiger partial charge in [-0.05, 0) is 43.7 Å². The van der Waals surface area contributed by atoms with Gasteiger partial charge in [0.2, 0.25) is 5.16 Å². The highest BCUT2D eigenvalue weighted by Crippen LogP contribution is 2.27. The van der Waals surface area contributed by atoms with Crippen LogP contribution in [0, 0.1) is 0 Å². The van der Waals surface area contributed by atoms with Crippen LogP contribution in [0.5, 0.6) is 0 Å². The second-order valence-corrected chi connectivity index (χ2v) is 6.60. The Labute approximate surface area is 130 Å². The predicted octanol–water partition coefficient (Wildman–Crippen LogP) is 1.40. The molecule has 1 heterocycles. The molecule has 0 saturated heterocycles. The van der Waals surface area contributed by atoms with Crippen LogP contribution in [-0.4, -0.2) is 50.1 Å². The molecule has 2 unspecified atom stereocenters. The fraction of sp³-hybridized carbons (Fsp3) is 0.846. The topological polar surface area (TPSA) is 81.9 Å². The van der Waals surface area contributed by atoms with Crippen molar-refractivity contribution in [3.63, 3.8) is 0 Å². The van der Waals surface area contributed by atoms with Gasteiger partial charge in [0.05, 0.1) is 6.61 Å². The molecule has 1 N–H and O–H groups in total. The van der Waals surface area contributed by atoms with Crippen molar-refractivity contribution in [2.75, 3.05) is 13.2 Å².